The molecule has 0 bridgehead atoms. The molecule has 7 heteroatoms. The summed E-state index contributed by atoms with van der Waals surface area (Å²) in [5.41, 5.74) is 3.29. The zero-order chi connectivity index (χ0) is 25.9. The van der Waals surface area contributed by atoms with Crippen LogP contribution in [0.3, 0.4) is 0 Å². The van der Waals surface area contributed by atoms with Crippen LogP contribution in [0.15, 0.2) is 72.8 Å². The van der Waals surface area contributed by atoms with Gasteiger partial charge in [-0.15, -0.1) is 0 Å². The molecule has 7 nitrogen and oxygen atoms in total. The first-order valence-corrected chi connectivity index (χ1v) is 12.9. The Kier molecular flexibility index (Phi) is 7.15. The monoisotopic (exact) mass is 500 g/mol. The number of rotatable bonds is 9. The molecule has 2 aliphatic heterocycles. The molecule has 2 amide bonds. The summed E-state index contributed by atoms with van der Waals surface area (Å²) in [7, 11) is 0. The number of aryl methyl sites for hydroxylation is 1. The molecule has 3 atom stereocenters. The molecule has 3 aromatic carbocycles. The minimum atomic E-state index is -0.921. The predicted molar refractivity (Wildman–Crippen MR) is 142 cm³/mol. The van der Waals surface area contributed by atoms with Crippen LogP contribution in [-0.2, 0) is 20.8 Å². The van der Waals surface area contributed by atoms with E-state index in [0.29, 0.717) is 30.4 Å². The Morgan fingerprint density at radius 2 is 1.57 bits per heavy atom. The molecule has 3 unspecified atom stereocenters. The molecular weight excluding hydrogens is 468 g/mol. The summed E-state index contributed by atoms with van der Waals surface area (Å²) < 4.78 is 11.8. The number of hydroxylamine groups is 1. The van der Waals surface area contributed by atoms with E-state index < -0.39 is 18.1 Å². The van der Waals surface area contributed by atoms with Crippen LogP contribution in [0.5, 0.6) is 11.5 Å². The van der Waals surface area contributed by atoms with Crippen LogP contribution in [-0.4, -0.2) is 31.1 Å². The van der Waals surface area contributed by atoms with Gasteiger partial charge in [0.15, 0.2) is 17.6 Å². The summed E-state index contributed by atoms with van der Waals surface area (Å²) in [6.07, 6.45) is 0.835. The van der Waals surface area contributed by atoms with Crippen molar-refractivity contribution in [2.24, 2.45) is 5.92 Å². The standard InChI is InChI=1S/C30H32N2O5/c1-4-18-36-24-17-14-21(19-25(24)35-6-3)27-26-28(37-32(27)23-10-8-7-9-11-23)30(34)31(29(26)33)22-15-12-20(5-2)13-16-22/h7-17,19,26-28H,4-6,18H2,1-3H3. The van der Waals surface area contributed by atoms with E-state index in [0.717, 1.165) is 29.7 Å². The minimum absolute atomic E-state index is 0.271. The molecule has 0 spiro atoms. The Hall–Kier alpha value is -3.84. The lowest BCUT2D eigenvalue weighted by Gasteiger charge is -2.29. The molecule has 2 aliphatic rings. The SMILES string of the molecule is CCCOc1ccc(C2C3C(=O)N(c4ccc(CC)cc4)C(=O)C3ON2c2ccccc2)cc1OCC. The van der Waals surface area contributed by atoms with E-state index in [4.69, 9.17) is 14.3 Å². The number of amides is 2. The summed E-state index contributed by atoms with van der Waals surface area (Å²) in [6, 6.07) is 22.3. The Labute approximate surface area is 217 Å². The van der Waals surface area contributed by atoms with Crippen molar-refractivity contribution >= 4 is 23.2 Å². The Balaban J connectivity index is 1.56. The minimum Gasteiger partial charge on any atom is -0.490 e. The number of fused-ring (bicyclic) bond motifs is 1. The molecule has 2 saturated heterocycles. The van der Waals surface area contributed by atoms with E-state index in [2.05, 4.69) is 6.92 Å². The van der Waals surface area contributed by atoms with Crippen LogP contribution in [0.25, 0.3) is 0 Å². The summed E-state index contributed by atoms with van der Waals surface area (Å²) in [4.78, 5) is 35.0. The van der Waals surface area contributed by atoms with Gasteiger partial charge in [-0.2, -0.15) is 0 Å². The first-order valence-electron chi connectivity index (χ1n) is 12.9. The topological polar surface area (TPSA) is 68.3 Å². The van der Waals surface area contributed by atoms with Gasteiger partial charge in [0.05, 0.1) is 30.6 Å². The summed E-state index contributed by atoms with van der Waals surface area (Å²) in [6.45, 7) is 7.08. The number of carbonyl (C=O) groups excluding carboxylic acids is 2. The van der Waals surface area contributed by atoms with E-state index in [1.165, 1.54) is 4.90 Å². The highest BCUT2D eigenvalue weighted by molar-refractivity contribution is 6.23. The summed E-state index contributed by atoms with van der Waals surface area (Å²) in [5, 5.41) is 1.69. The van der Waals surface area contributed by atoms with Crippen LogP contribution in [0.4, 0.5) is 11.4 Å². The second kappa shape index (κ2) is 10.6. The van der Waals surface area contributed by atoms with Crippen molar-refractivity contribution in [3.8, 4) is 11.5 Å². The first kappa shape index (κ1) is 24.8. The van der Waals surface area contributed by atoms with Crippen molar-refractivity contribution in [1.29, 1.82) is 0 Å². The van der Waals surface area contributed by atoms with Gasteiger partial charge in [0.25, 0.3) is 5.91 Å². The van der Waals surface area contributed by atoms with Gasteiger partial charge < -0.3 is 9.47 Å². The van der Waals surface area contributed by atoms with E-state index in [9.17, 15) is 9.59 Å². The van der Waals surface area contributed by atoms with E-state index in [1.807, 2.05) is 86.6 Å². The van der Waals surface area contributed by atoms with Crippen molar-refractivity contribution in [1.82, 2.24) is 0 Å². The molecule has 0 aromatic heterocycles. The van der Waals surface area contributed by atoms with Gasteiger partial charge in [0.2, 0.25) is 5.91 Å². The number of hydrogen-bond donors (Lipinski definition) is 0. The van der Waals surface area contributed by atoms with Gasteiger partial charge in [-0.3, -0.25) is 14.4 Å². The average molecular weight is 501 g/mol. The van der Waals surface area contributed by atoms with Crippen LogP contribution in [0, 0.1) is 5.92 Å². The number of carbonyl (C=O) groups is 2. The third-order valence-electron chi connectivity index (χ3n) is 6.80. The lowest BCUT2D eigenvalue weighted by Crippen LogP contribution is -2.37. The molecular formula is C30H32N2O5. The van der Waals surface area contributed by atoms with Gasteiger partial charge in [-0.1, -0.05) is 50.2 Å². The molecule has 0 N–H and O–H groups in total. The Morgan fingerprint density at radius 1 is 0.811 bits per heavy atom. The summed E-state index contributed by atoms with van der Waals surface area (Å²) in [5.74, 6) is -0.0765. The molecule has 2 fully saturated rings. The van der Waals surface area contributed by atoms with Crippen molar-refractivity contribution in [2.45, 2.75) is 45.8 Å². The lowest BCUT2D eigenvalue weighted by molar-refractivity contribution is -0.126. The molecule has 5 rings (SSSR count). The van der Waals surface area contributed by atoms with Crippen LogP contribution < -0.4 is 19.4 Å². The number of imide groups is 1. The van der Waals surface area contributed by atoms with Gasteiger partial charge >= 0.3 is 0 Å². The Bertz CT molecular complexity index is 1260. The second-order valence-electron chi connectivity index (χ2n) is 9.18. The molecule has 192 valence electrons. The van der Waals surface area contributed by atoms with Gasteiger partial charge in [-0.05, 0) is 67.3 Å². The predicted octanol–water partition coefficient (Wildman–Crippen LogP) is 5.49. The number of ether oxygens (including phenoxy) is 2. The highest BCUT2D eigenvalue weighted by Gasteiger charge is 2.60. The number of hydrogen-bond acceptors (Lipinski definition) is 6. The Morgan fingerprint density at radius 3 is 2.24 bits per heavy atom. The zero-order valence-electron chi connectivity index (χ0n) is 21.4. The maximum absolute atomic E-state index is 13.9. The molecule has 0 radical (unpaired) electrons. The van der Waals surface area contributed by atoms with Gasteiger partial charge in [-0.25, -0.2) is 9.96 Å². The molecule has 0 aliphatic carbocycles. The van der Waals surface area contributed by atoms with Crippen molar-refractivity contribution in [2.75, 3.05) is 23.2 Å². The first-order chi connectivity index (χ1) is 18.1. The number of anilines is 2. The quantitative estimate of drug-likeness (QED) is 0.362. The molecule has 3 aromatic rings. The van der Waals surface area contributed by atoms with Crippen molar-refractivity contribution < 1.29 is 23.9 Å². The fourth-order valence-electron chi connectivity index (χ4n) is 5.00. The van der Waals surface area contributed by atoms with E-state index >= 15 is 0 Å². The largest absolute Gasteiger partial charge is 0.490 e. The van der Waals surface area contributed by atoms with Gasteiger partial charge in [0, 0.05) is 0 Å². The fourth-order valence-corrected chi connectivity index (χ4v) is 5.00. The molecule has 37 heavy (non-hydrogen) atoms. The van der Waals surface area contributed by atoms with Gasteiger partial charge in [0.1, 0.15) is 5.92 Å². The third kappa shape index (κ3) is 4.55. The van der Waals surface area contributed by atoms with E-state index in [1.54, 1.807) is 5.06 Å². The maximum atomic E-state index is 13.9. The van der Waals surface area contributed by atoms with Crippen LogP contribution in [0.1, 0.15) is 44.4 Å². The summed E-state index contributed by atoms with van der Waals surface area (Å²) >= 11 is 0. The van der Waals surface area contributed by atoms with Crippen LogP contribution >= 0.6 is 0 Å². The number of para-hydroxylation sites is 1. The third-order valence-corrected chi connectivity index (χ3v) is 6.80. The number of benzene rings is 3. The van der Waals surface area contributed by atoms with Crippen molar-refractivity contribution in [3.63, 3.8) is 0 Å². The lowest BCUT2D eigenvalue weighted by atomic mass is 9.90. The normalized spacial score (nSPS) is 20.9. The number of nitrogens with zero attached hydrogens (tertiary/aromatic N) is 2. The maximum Gasteiger partial charge on any atom is 0.266 e. The van der Waals surface area contributed by atoms with Crippen molar-refractivity contribution in [3.05, 3.63) is 83.9 Å². The van der Waals surface area contributed by atoms with Crippen LogP contribution in [0.2, 0.25) is 0 Å². The fraction of sp³-hybridized carbons (Fsp3) is 0.333. The van der Waals surface area contributed by atoms with E-state index in [-0.39, 0.29) is 11.8 Å². The second-order valence-corrected chi connectivity index (χ2v) is 9.18. The smallest absolute Gasteiger partial charge is 0.266 e. The molecule has 0 saturated carbocycles. The average Bonchev–Trinajstić information content (AvgIpc) is 3.44. The molecule has 2 heterocycles. The highest BCUT2D eigenvalue weighted by Crippen LogP contribution is 2.48. The zero-order valence-corrected chi connectivity index (χ0v) is 21.4. The highest BCUT2D eigenvalue weighted by atomic mass is 16.7.